The molecule has 0 aliphatic carbocycles. The summed E-state index contributed by atoms with van der Waals surface area (Å²) in [6.45, 7) is 9.44. The summed E-state index contributed by atoms with van der Waals surface area (Å²) >= 11 is 0. The lowest BCUT2D eigenvalue weighted by atomic mass is 9.86. The first-order valence-electron chi connectivity index (χ1n) is 3.73. The van der Waals surface area contributed by atoms with Crippen LogP contribution in [0.5, 0.6) is 0 Å². The topological polar surface area (TPSA) is 12.5 Å². The van der Waals surface area contributed by atoms with Gasteiger partial charge in [-0.2, -0.15) is 0 Å². The van der Waals surface area contributed by atoms with Crippen molar-refractivity contribution in [2.24, 2.45) is 0 Å². The van der Waals surface area contributed by atoms with E-state index in [0.29, 0.717) is 0 Å². The lowest BCUT2D eigenvalue weighted by Crippen LogP contribution is -2.48. The molecule has 1 aliphatic heterocycles. The molecule has 60 valence electrons. The molecule has 0 saturated carbocycles. The molecule has 2 nitrogen and oxygen atoms in total. The number of rotatable bonds is 0. The van der Waals surface area contributed by atoms with Gasteiger partial charge in [0.15, 0.2) is 0 Å². The Balaban J connectivity index is 2.84. The average molecular weight is 143 g/mol. The van der Waals surface area contributed by atoms with Crippen LogP contribution in [-0.2, 0) is 4.74 Å². The van der Waals surface area contributed by atoms with Gasteiger partial charge in [-0.25, -0.2) is 0 Å². The molecule has 1 fully saturated rings. The van der Waals surface area contributed by atoms with Crippen molar-refractivity contribution in [2.45, 2.75) is 38.8 Å². The third kappa shape index (κ3) is 0.867. The molecule has 0 aromatic heterocycles. The van der Waals surface area contributed by atoms with Gasteiger partial charge in [-0.3, -0.25) is 4.90 Å². The summed E-state index contributed by atoms with van der Waals surface area (Å²) in [5, 5.41) is 0. The van der Waals surface area contributed by atoms with Gasteiger partial charge in [-0.15, -0.1) is 0 Å². The Morgan fingerprint density at radius 2 is 1.70 bits per heavy atom. The van der Waals surface area contributed by atoms with Gasteiger partial charge in [0.1, 0.15) is 6.73 Å². The fraction of sp³-hybridized carbons (Fsp3) is 1.00. The average Bonchev–Trinajstić information content (AvgIpc) is 1.94. The van der Waals surface area contributed by atoms with Gasteiger partial charge >= 0.3 is 0 Å². The molecule has 0 radical (unpaired) electrons. The molecule has 0 unspecified atom stereocenters. The summed E-state index contributed by atoms with van der Waals surface area (Å²) in [6, 6.07) is 0. The molecular formula is C8H17NO. The first-order valence-corrected chi connectivity index (χ1v) is 3.73. The van der Waals surface area contributed by atoms with Crippen LogP contribution in [0.25, 0.3) is 0 Å². The molecule has 0 aromatic carbocycles. The zero-order valence-corrected chi connectivity index (χ0v) is 7.56. The van der Waals surface area contributed by atoms with E-state index in [1.165, 1.54) is 0 Å². The molecule has 0 atom stereocenters. The van der Waals surface area contributed by atoms with Gasteiger partial charge in [-0.05, 0) is 34.7 Å². The number of hydrogen-bond acceptors (Lipinski definition) is 2. The first kappa shape index (κ1) is 8.02. The summed E-state index contributed by atoms with van der Waals surface area (Å²) in [5.74, 6) is 0. The number of hydrogen-bond donors (Lipinski definition) is 0. The van der Waals surface area contributed by atoms with Crippen LogP contribution in [0.3, 0.4) is 0 Å². The maximum Gasteiger partial charge on any atom is 0.100 e. The van der Waals surface area contributed by atoms with E-state index in [4.69, 9.17) is 4.74 Å². The van der Waals surface area contributed by atoms with Crippen LogP contribution in [0.15, 0.2) is 0 Å². The molecule has 1 saturated heterocycles. The van der Waals surface area contributed by atoms with Crippen molar-refractivity contribution in [3.8, 4) is 0 Å². The number of likely N-dealkylation sites (N-methyl/N-ethyl adjacent to an activating group) is 1. The fourth-order valence-electron chi connectivity index (χ4n) is 1.06. The summed E-state index contributed by atoms with van der Waals surface area (Å²) < 4.78 is 5.59. The molecule has 1 heterocycles. The van der Waals surface area contributed by atoms with Crippen molar-refractivity contribution in [3.63, 3.8) is 0 Å². The predicted molar refractivity (Wildman–Crippen MR) is 41.9 cm³/mol. The van der Waals surface area contributed by atoms with Crippen molar-refractivity contribution in [2.75, 3.05) is 13.8 Å². The lowest BCUT2D eigenvalue weighted by molar-refractivity contribution is 0.00842. The second-order valence-corrected chi connectivity index (χ2v) is 4.04. The smallest absolute Gasteiger partial charge is 0.100 e. The Hall–Kier alpha value is -0.0800. The van der Waals surface area contributed by atoms with Gasteiger partial charge in [-0.1, -0.05) is 0 Å². The zero-order valence-electron chi connectivity index (χ0n) is 7.56. The molecule has 0 aromatic rings. The van der Waals surface area contributed by atoms with Crippen molar-refractivity contribution >= 4 is 0 Å². The molecule has 2 heteroatoms. The third-order valence-electron chi connectivity index (χ3n) is 3.05. The van der Waals surface area contributed by atoms with Crippen LogP contribution >= 0.6 is 0 Å². The molecule has 1 rings (SSSR count). The van der Waals surface area contributed by atoms with Gasteiger partial charge in [0.05, 0.1) is 5.60 Å². The Morgan fingerprint density at radius 1 is 1.20 bits per heavy atom. The highest BCUT2D eigenvalue weighted by molar-refractivity contribution is 4.98. The monoisotopic (exact) mass is 143 g/mol. The van der Waals surface area contributed by atoms with E-state index in [9.17, 15) is 0 Å². The molecule has 0 bridgehead atoms. The minimum absolute atomic E-state index is 0.0122. The lowest BCUT2D eigenvalue weighted by Gasteiger charge is -2.36. The van der Waals surface area contributed by atoms with E-state index in [0.717, 1.165) is 6.73 Å². The second kappa shape index (κ2) is 1.95. The molecule has 0 N–H and O–H groups in total. The van der Waals surface area contributed by atoms with E-state index in [2.05, 4.69) is 39.6 Å². The van der Waals surface area contributed by atoms with Gasteiger partial charge in [0.2, 0.25) is 0 Å². The van der Waals surface area contributed by atoms with Crippen LogP contribution in [-0.4, -0.2) is 29.8 Å². The Morgan fingerprint density at radius 3 is 1.80 bits per heavy atom. The molecule has 0 amide bonds. The van der Waals surface area contributed by atoms with Crippen molar-refractivity contribution in [3.05, 3.63) is 0 Å². The fourth-order valence-corrected chi connectivity index (χ4v) is 1.06. The van der Waals surface area contributed by atoms with Crippen molar-refractivity contribution < 1.29 is 4.74 Å². The zero-order chi connectivity index (χ0) is 7.99. The van der Waals surface area contributed by atoms with E-state index >= 15 is 0 Å². The van der Waals surface area contributed by atoms with E-state index in [1.807, 2.05) is 0 Å². The highest BCUT2D eigenvalue weighted by atomic mass is 16.5. The normalized spacial score (nSPS) is 30.9. The van der Waals surface area contributed by atoms with Gasteiger partial charge in [0.25, 0.3) is 0 Å². The van der Waals surface area contributed by atoms with E-state index < -0.39 is 0 Å². The number of nitrogens with zero attached hydrogens (tertiary/aromatic N) is 1. The summed E-state index contributed by atoms with van der Waals surface area (Å²) in [5.41, 5.74) is 0.148. The summed E-state index contributed by atoms with van der Waals surface area (Å²) in [6.07, 6.45) is 0. The maximum absolute atomic E-state index is 5.59. The largest absolute Gasteiger partial charge is 0.358 e. The van der Waals surface area contributed by atoms with Crippen LogP contribution in [0.2, 0.25) is 0 Å². The Bertz CT molecular complexity index is 140. The molecular weight excluding hydrogens is 126 g/mol. The van der Waals surface area contributed by atoms with E-state index in [1.54, 1.807) is 0 Å². The quantitative estimate of drug-likeness (QED) is 0.509. The van der Waals surface area contributed by atoms with Crippen LogP contribution in [0.1, 0.15) is 27.7 Å². The molecule has 0 spiro atoms. The second-order valence-electron chi connectivity index (χ2n) is 4.04. The highest BCUT2D eigenvalue weighted by Gasteiger charge is 2.46. The van der Waals surface area contributed by atoms with Crippen LogP contribution in [0, 0.1) is 0 Å². The predicted octanol–water partition coefficient (Wildman–Crippen LogP) is 1.46. The Kier molecular flexibility index (Phi) is 1.57. The van der Waals surface area contributed by atoms with Crippen molar-refractivity contribution in [1.82, 2.24) is 4.90 Å². The van der Waals surface area contributed by atoms with Crippen LogP contribution in [0.4, 0.5) is 0 Å². The summed E-state index contributed by atoms with van der Waals surface area (Å²) in [4.78, 5) is 2.23. The van der Waals surface area contributed by atoms with Gasteiger partial charge in [0, 0.05) is 5.54 Å². The number of ether oxygens (including phenoxy) is 1. The minimum Gasteiger partial charge on any atom is -0.358 e. The maximum atomic E-state index is 5.59. The molecule has 10 heavy (non-hydrogen) atoms. The van der Waals surface area contributed by atoms with Crippen molar-refractivity contribution in [1.29, 1.82) is 0 Å². The van der Waals surface area contributed by atoms with E-state index in [-0.39, 0.29) is 11.1 Å². The Labute approximate surface area is 63.2 Å². The highest BCUT2D eigenvalue weighted by Crippen LogP contribution is 2.35. The third-order valence-corrected chi connectivity index (χ3v) is 3.05. The summed E-state index contributed by atoms with van der Waals surface area (Å²) in [7, 11) is 2.09. The SMILES string of the molecule is CN1COC(C)(C)C1(C)C. The minimum atomic E-state index is -0.0122. The van der Waals surface area contributed by atoms with Gasteiger partial charge < -0.3 is 4.74 Å². The first-order chi connectivity index (χ1) is 4.38. The molecule has 1 aliphatic rings. The van der Waals surface area contributed by atoms with Crippen LogP contribution < -0.4 is 0 Å². The standard InChI is InChI=1S/C8H17NO/c1-7(2)8(3,4)10-6-9(7)5/h6H2,1-5H3.